The smallest absolute Gasteiger partial charge is 0.338 e. The number of ether oxygens (including phenoxy) is 1. The molecular weight excluding hydrogens is 376 g/mol. The van der Waals surface area contributed by atoms with E-state index in [9.17, 15) is 9.59 Å². The molecule has 146 valence electrons. The molecule has 28 heavy (non-hydrogen) atoms. The summed E-state index contributed by atoms with van der Waals surface area (Å²) in [6.07, 6.45) is 0.633. The van der Waals surface area contributed by atoms with Crippen LogP contribution in [0.4, 0.5) is 4.79 Å². The highest BCUT2D eigenvalue weighted by Gasteiger charge is 2.35. The fourth-order valence-electron chi connectivity index (χ4n) is 3.32. The highest BCUT2D eigenvalue weighted by Crippen LogP contribution is 2.31. The number of urea groups is 1. The quantitative estimate of drug-likeness (QED) is 0.729. The number of esters is 1. The number of nitrogens with zero attached hydrogens (tertiary/aromatic N) is 1. The lowest BCUT2D eigenvalue weighted by Gasteiger charge is -2.34. The lowest BCUT2D eigenvalue weighted by atomic mass is 9.95. The van der Waals surface area contributed by atoms with Gasteiger partial charge in [-0.15, -0.1) is 0 Å². The van der Waals surface area contributed by atoms with Gasteiger partial charge in [-0.2, -0.15) is 0 Å². The van der Waals surface area contributed by atoms with Crippen LogP contribution in [-0.2, 0) is 16.0 Å². The number of hydrogen-bond acceptors (Lipinski definition) is 3. The molecule has 1 aliphatic rings. The van der Waals surface area contributed by atoms with Gasteiger partial charge in [0.25, 0.3) is 0 Å². The number of allylic oxidation sites excluding steroid dienone is 1. The largest absolute Gasteiger partial charge is 0.462 e. The van der Waals surface area contributed by atoms with Crippen molar-refractivity contribution in [2.75, 3.05) is 13.2 Å². The average Bonchev–Trinajstić information content (AvgIpc) is 2.69. The number of carbonyl (C=O) groups is 2. The van der Waals surface area contributed by atoms with Gasteiger partial charge in [-0.1, -0.05) is 54.1 Å². The molecule has 0 aliphatic carbocycles. The zero-order valence-corrected chi connectivity index (χ0v) is 16.7. The molecule has 2 amide bonds. The van der Waals surface area contributed by atoms with Gasteiger partial charge in [0.05, 0.1) is 18.2 Å². The topological polar surface area (TPSA) is 58.6 Å². The summed E-state index contributed by atoms with van der Waals surface area (Å²) in [5, 5.41) is 3.50. The molecule has 1 atom stereocenters. The third kappa shape index (κ3) is 4.37. The Kier molecular flexibility index (Phi) is 6.37. The Bertz CT molecular complexity index is 878. The van der Waals surface area contributed by atoms with Crippen LogP contribution in [0.25, 0.3) is 0 Å². The van der Waals surface area contributed by atoms with Crippen LogP contribution in [-0.4, -0.2) is 30.1 Å². The first-order valence-electron chi connectivity index (χ1n) is 9.26. The van der Waals surface area contributed by atoms with E-state index in [1.165, 1.54) is 0 Å². The average molecular weight is 399 g/mol. The van der Waals surface area contributed by atoms with Gasteiger partial charge < -0.3 is 10.1 Å². The zero-order chi connectivity index (χ0) is 20.1. The fourth-order valence-corrected chi connectivity index (χ4v) is 3.44. The number of halogens is 1. The Hall–Kier alpha value is -2.79. The second-order valence-electron chi connectivity index (χ2n) is 6.55. The Morgan fingerprint density at radius 3 is 2.46 bits per heavy atom. The highest BCUT2D eigenvalue weighted by molar-refractivity contribution is 6.30. The Balaban J connectivity index is 1.83. The molecule has 0 bridgehead atoms. The highest BCUT2D eigenvalue weighted by atomic mass is 35.5. The van der Waals surface area contributed by atoms with Gasteiger partial charge in [-0.05, 0) is 37.1 Å². The molecule has 0 unspecified atom stereocenters. The molecule has 2 aromatic rings. The van der Waals surface area contributed by atoms with Crippen molar-refractivity contribution >= 4 is 23.6 Å². The van der Waals surface area contributed by atoms with Gasteiger partial charge >= 0.3 is 12.0 Å². The van der Waals surface area contributed by atoms with Gasteiger partial charge in [-0.25, -0.2) is 9.59 Å². The third-order valence-corrected chi connectivity index (χ3v) is 5.05. The van der Waals surface area contributed by atoms with Crippen LogP contribution < -0.4 is 5.32 Å². The van der Waals surface area contributed by atoms with E-state index in [-0.39, 0.29) is 12.6 Å². The summed E-state index contributed by atoms with van der Waals surface area (Å²) in [5.74, 6) is -0.424. The monoisotopic (exact) mass is 398 g/mol. The number of rotatable bonds is 6. The van der Waals surface area contributed by atoms with Crippen LogP contribution in [0.1, 0.15) is 31.0 Å². The SMILES string of the molecule is CCN1C(=O)N[C@H](c2ccc(Cl)cc2)C(C(=O)OCCc2ccccc2)=C1C. The molecule has 0 saturated carbocycles. The Morgan fingerprint density at radius 1 is 1.14 bits per heavy atom. The number of benzene rings is 2. The third-order valence-electron chi connectivity index (χ3n) is 4.80. The van der Waals surface area contributed by atoms with Crippen molar-refractivity contribution in [1.82, 2.24) is 10.2 Å². The first-order chi connectivity index (χ1) is 13.5. The predicted molar refractivity (Wildman–Crippen MR) is 109 cm³/mol. The van der Waals surface area contributed by atoms with Crippen LogP contribution in [0.2, 0.25) is 5.02 Å². The van der Waals surface area contributed by atoms with Crippen LogP contribution in [0.15, 0.2) is 65.9 Å². The summed E-state index contributed by atoms with van der Waals surface area (Å²) in [7, 11) is 0. The molecule has 0 fully saturated rings. The summed E-state index contributed by atoms with van der Waals surface area (Å²) >= 11 is 5.98. The van der Waals surface area contributed by atoms with Gasteiger partial charge in [0.15, 0.2) is 0 Å². The van der Waals surface area contributed by atoms with Crippen LogP contribution in [0.3, 0.4) is 0 Å². The molecule has 0 radical (unpaired) electrons. The van der Waals surface area contributed by atoms with Crippen LogP contribution >= 0.6 is 11.6 Å². The van der Waals surface area contributed by atoms with Crippen molar-refractivity contribution in [2.24, 2.45) is 0 Å². The molecule has 0 spiro atoms. The second kappa shape index (κ2) is 8.93. The number of carbonyl (C=O) groups excluding carboxylic acids is 2. The minimum absolute atomic E-state index is 0.235. The molecule has 1 aliphatic heterocycles. The fraction of sp³-hybridized carbons (Fsp3) is 0.273. The normalized spacial score (nSPS) is 16.8. The summed E-state index contributed by atoms with van der Waals surface area (Å²) in [4.78, 5) is 26.9. The van der Waals surface area contributed by atoms with Crippen molar-refractivity contribution in [1.29, 1.82) is 0 Å². The number of amides is 2. The maximum Gasteiger partial charge on any atom is 0.338 e. The minimum atomic E-state index is -0.572. The van der Waals surface area contributed by atoms with Crippen molar-refractivity contribution in [3.63, 3.8) is 0 Å². The van der Waals surface area contributed by atoms with E-state index in [4.69, 9.17) is 16.3 Å². The molecule has 0 aromatic heterocycles. The van der Waals surface area contributed by atoms with Gasteiger partial charge in [0.1, 0.15) is 0 Å². The standard InChI is InChI=1S/C22H23ClN2O3/c1-3-25-15(2)19(21(26)28-14-13-16-7-5-4-6-8-16)20(24-22(25)27)17-9-11-18(23)12-10-17/h4-12,20H,3,13-14H2,1-2H3,(H,24,27)/t20-/m1/s1. The van der Waals surface area contributed by atoms with E-state index in [1.807, 2.05) is 37.3 Å². The number of hydrogen-bond donors (Lipinski definition) is 1. The van der Waals surface area contributed by atoms with Gasteiger partial charge in [0, 0.05) is 23.7 Å². The van der Waals surface area contributed by atoms with E-state index >= 15 is 0 Å². The zero-order valence-electron chi connectivity index (χ0n) is 15.9. The van der Waals surface area contributed by atoms with Gasteiger partial charge in [0.2, 0.25) is 0 Å². The second-order valence-corrected chi connectivity index (χ2v) is 6.99. The van der Waals surface area contributed by atoms with Crippen LogP contribution in [0, 0.1) is 0 Å². The first kappa shape index (κ1) is 20.0. The van der Waals surface area contributed by atoms with Gasteiger partial charge in [-0.3, -0.25) is 4.90 Å². The molecule has 3 rings (SSSR count). The molecule has 6 heteroatoms. The first-order valence-corrected chi connectivity index (χ1v) is 9.64. The summed E-state index contributed by atoms with van der Waals surface area (Å²) in [6, 6.07) is 16.1. The lowest BCUT2D eigenvalue weighted by molar-refractivity contribution is -0.139. The summed E-state index contributed by atoms with van der Waals surface area (Å²) in [6.45, 7) is 4.38. The summed E-state index contributed by atoms with van der Waals surface area (Å²) in [5.41, 5.74) is 2.93. The van der Waals surface area contributed by atoms with E-state index in [0.717, 1.165) is 11.1 Å². The Morgan fingerprint density at radius 2 is 1.82 bits per heavy atom. The van der Waals surface area contributed by atoms with Crippen molar-refractivity contribution < 1.29 is 14.3 Å². The summed E-state index contributed by atoms with van der Waals surface area (Å²) < 4.78 is 5.56. The maximum atomic E-state index is 12.9. The Labute approximate surface area is 169 Å². The van der Waals surface area contributed by atoms with E-state index < -0.39 is 12.0 Å². The van der Waals surface area contributed by atoms with E-state index in [0.29, 0.717) is 29.3 Å². The van der Waals surface area contributed by atoms with Crippen molar-refractivity contribution in [2.45, 2.75) is 26.3 Å². The molecule has 1 heterocycles. The molecule has 5 nitrogen and oxygen atoms in total. The maximum absolute atomic E-state index is 12.9. The van der Waals surface area contributed by atoms with Crippen molar-refractivity contribution in [3.05, 3.63) is 82.0 Å². The van der Waals surface area contributed by atoms with E-state index in [2.05, 4.69) is 5.32 Å². The minimum Gasteiger partial charge on any atom is -0.462 e. The molecule has 2 aromatic carbocycles. The molecule has 1 N–H and O–H groups in total. The predicted octanol–water partition coefficient (Wildman–Crippen LogP) is 4.49. The number of nitrogens with one attached hydrogen (secondary N) is 1. The van der Waals surface area contributed by atoms with Crippen molar-refractivity contribution in [3.8, 4) is 0 Å². The molecular formula is C22H23ClN2O3. The van der Waals surface area contributed by atoms with Crippen LogP contribution in [0.5, 0.6) is 0 Å². The lowest BCUT2D eigenvalue weighted by Crippen LogP contribution is -2.47. The molecule has 0 saturated heterocycles. The van der Waals surface area contributed by atoms with E-state index in [1.54, 1.807) is 36.1 Å².